The van der Waals surface area contributed by atoms with Gasteiger partial charge in [-0.2, -0.15) is 13.2 Å². The number of carbonyl (C=O) groups excluding carboxylic acids is 2. The molecule has 0 bridgehead atoms. The summed E-state index contributed by atoms with van der Waals surface area (Å²) in [5.41, 5.74) is 2.64. The third-order valence-electron chi connectivity index (χ3n) is 7.36. The summed E-state index contributed by atoms with van der Waals surface area (Å²) in [7, 11) is 1.29. The van der Waals surface area contributed by atoms with E-state index in [0.717, 1.165) is 10.6 Å². The summed E-state index contributed by atoms with van der Waals surface area (Å²) in [5.74, 6) is -1.29. The predicted molar refractivity (Wildman–Crippen MR) is 138 cm³/mol. The van der Waals surface area contributed by atoms with E-state index < -0.39 is 24.1 Å². The molecule has 3 aromatic rings. The lowest BCUT2D eigenvalue weighted by molar-refractivity contribution is -0.171. The van der Waals surface area contributed by atoms with E-state index in [-0.39, 0.29) is 31.2 Å². The highest BCUT2D eigenvalue weighted by molar-refractivity contribution is 5.99. The minimum atomic E-state index is -5.13. The Morgan fingerprint density at radius 3 is 2.55 bits per heavy atom. The molecule has 0 spiro atoms. The molecule has 11 heteroatoms. The number of hydrogen-bond acceptors (Lipinski definition) is 7. The highest BCUT2D eigenvalue weighted by atomic mass is 19.4. The van der Waals surface area contributed by atoms with Crippen molar-refractivity contribution in [1.82, 2.24) is 0 Å². The quantitative estimate of drug-likeness (QED) is 0.397. The van der Waals surface area contributed by atoms with Gasteiger partial charge >= 0.3 is 18.1 Å². The van der Waals surface area contributed by atoms with Crippen LogP contribution in [0.1, 0.15) is 29.5 Å². The Morgan fingerprint density at radius 1 is 0.950 bits per heavy atom. The van der Waals surface area contributed by atoms with Gasteiger partial charge in [-0.05, 0) is 24.3 Å². The zero-order valence-electron chi connectivity index (χ0n) is 21.4. The Bertz CT molecular complexity index is 1480. The monoisotopic (exact) mass is 554 g/mol. The molecule has 2 atom stereocenters. The largest absolute Gasteiger partial charge is 0.493 e. The van der Waals surface area contributed by atoms with E-state index in [9.17, 15) is 22.8 Å². The number of halogens is 3. The topological polar surface area (TPSA) is 77.5 Å². The normalized spacial score (nSPS) is 18.9. The van der Waals surface area contributed by atoms with Gasteiger partial charge in [0.15, 0.2) is 0 Å². The molecule has 0 N–H and O–H groups in total. The van der Waals surface area contributed by atoms with E-state index in [1.807, 2.05) is 35.2 Å². The molecular weight excluding hydrogens is 529 g/mol. The van der Waals surface area contributed by atoms with Crippen LogP contribution in [0.25, 0.3) is 0 Å². The number of benzene rings is 3. The Labute approximate surface area is 227 Å². The van der Waals surface area contributed by atoms with E-state index >= 15 is 0 Å². The maximum absolute atomic E-state index is 13.9. The molecule has 208 valence electrons. The SMILES string of the molecule is COC(=O)C[C@@H]1COc2cc(N(C(=O)C(F)(F)F)[C@@H]3COc4c3cccc4N3CCOc4ccccc43)ccc21. The Balaban J connectivity index is 1.38. The van der Waals surface area contributed by atoms with Crippen molar-refractivity contribution in [3.05, 3.63) is 71.8 Å². The molecule has 3 heterocycles. The molecule has 0 fully saturated rings. The van der Waals surface area contributed by atoms with Gasteiger partial charge < -0.3 is 23.8 Å². The smallest absolute Gasteiger partial charge is 0.471 e. The van der Waals surface area contributed by atoms with Gasteiger partial charge in [-0.1, -0.05) is 30.3 Å². The maximum atomic E-state index is 13.9. The summed E-state index contributed by atoms with van der Waals surface area (Å²) in [6, 6.07) is 16.2. The van der Waals surface area contributed by atoms with Crippen molar-refractivity contribution in [2.75, 3.05) is 43.3 Å². The van der Waals surface area contributed by atoms with Crippen LogP contribution in [-0.4, -0.2) is 51.5 Å². The van der Waals surface area contributed by atoms with Crippen molar-refractivity contribution in [2.24, 2.45) is 0 Å². The second-order valence-corrected chi connectivity index (χ2v) is 9.67. The third-order valence-corrected chi connectivity index (χ3v) is 7.36. The Morgan fingerprint density at radius 2 is 1.75 bits per heavy atom. The second kappa shape index (κ2) is 9.96. The predicted octanol–water partition coefficient (Wildman–Crippen LogP) is 5.29. The first-order valence-corrected chi connectivity index (χ1v) is 12.7. The van der Waals surface area contributed by atoms with Crippen LogP contribution in [0, 0.1) is 0 Å². The summed E-state index contributed by atoms with van der Waals surface area (Å²) in [5, 5.41) is 0. The van der Waals surface area contributed by atoms with Crippen molar-refractivity contribution in [2.45, 2.75) is 24.6 Å². The third kappa shape index (κ3) is 4.44. The molecule has 0 saturated carbocycles. The fraction of sp³-hybridized carbons (Fsp3) is 0.310. The molecule has 40 heavy (non-hydrogen) atoms. The van der Waals surface area contributed by atoms with Crippen LogP contribution in [0.3, 0.4) is 0 Å². The molecule has 0 saturated heterocycles. The van der Waals surface area contributed by atoms with Crippen LogP contribution in [0.15, 0.2) is 60.7 Å². The maximum Gasteiger partial charge on any atom is 0.471 e. The van der Waals surface area contributed by atoms with Crippen molar-refractivity contribution in [3.8, 4) is 17.2 Å². The number of ether oxygens (including phenoxy) is 4. The van der Waals surface area contributed by atoms with Gasteiger partial charge in [0, 0.05) is 28.8 Å². The number of para-hydroxylation sites is 3. The van der Waals surface area contributed by atoms with Gasteiger partial charge in [-0.25, -0.2) is 0 Å². The molecule has 3 aliphatic rings. The number of methoxy groups -OCH3 is 1. The first kappa shape index (κ1) is 25.8. The van der Waals surface area contributed by atoms with Gasteiger partial charge in [0.05, 0.1) is 44.1 Å². The average molecular weight is 555 g/mol. The Kier molecular flexibility index (Phi) is 6.44. The lowest BCUT2D eigenvalue weighted by atomic mass is 9.97. The van der Waals surface area contributed by atoms with Gasteiger partial charge in [-0.3, -0.25) is 14.5 Å². The van der Waals surface area contributed by atoms with Crippen LogP contribution in [0.5, 0.6) is 17.2 Å². The minimum absolute atomic E-state index is 0.0170. The fourth-order valence-electron chi connectivity index (χ4n) is 5.50. The first-order valence-electron chi connectivity index (χ1n) is 12.7. The van der Waals surface area contributed by atoms with E-state index in [0.29, 0.717) is 47.2 Å². The fourth-order valence-corrected chi connectivity index (χ4v) is 5.50. The molecule has 0 unspecified atom stereocenters. The van der Waals surface area contributed by atoms with Crippen LogP contribution < -0.4 is 24.0 Å². The van der Waals surface area contributed by atoms with Crippen molar-refractivity contribution in [3.63, 3.8) is 0 Å². The number of hydrogen-bond donors (Lipinski definition) is 0. The number of amides is 1. The molecule has 8 nitrogen and oxygen atoms in total. The summed E-state index contributed by atoms with van der Waals surface area (Å²) < 4.78 is 64.0. The van der Waals surface area contributed by atoms with Crippen molar-refractivity contribution >= 4 is 28.9 Å². The number of nitrogens with zero attached hydrogens (tertiary/aromatic N) is 2. The van der Waals surface area contributed by atoms with Crippen molar-refractivity contribution in [1.29, 1.82) is 0 Å². The molecular formula is C29H25F3N2O6. The number of carbonyl (C=O) groups is 2. The van der Waals surface area contributed by atoms with Crippen molar-refractivity contribution < 1.29 is 41.7 Å². The van der Waals surface area contributed by atoms with Crippen LogP contribution in [0.2, 0.25) is 0 Å². The zero-order valence-corrected chi connectivity index (χ0v) is 21.4. The number of esters is 1. The average Bonchev–Trinajstić information content (AvgIpc) is 3.56. The Hall–Kier alpha value is -4.41. The summed E-state index contributed by atoms with van der Waals surface area (Å²) in [6.07, 6.45) is -5.05. The number of rotatable bonds is 5. The molecule has 6 rings (SSSR count). The molecule has 0 aliphatic carbocycles. The minimum Gasteiger partial charge on any atom is -0.493 e. The van der Waals surface area contributed by atoms with Crippen LogP contribution in [-0.2, 0) is 14.3 Å². The molecule has 1 amide bonds. The second-order valence-electron chi connectivity index (χ2n) is 9.67. The van der Waals surface area contributed by atoms with E-state index in [4.69, 9.17) is 18.9 Å². The standard InChI is InChI=1S/C29H25F3N2O6/c1-37-26(35)13-17-15-39-25-14-18(9-10-19(17)25)34(28(36)29(30,31)32)23-16-40-27-20(23)5-4-7-22(27)33-11-12-38-24-8-3-2-6-21(24)33/h2-10,14,17,23H,11-13,15-16H2,1H3/t17-,23-/m1/s1. The van der Waals surface area contributed by atoms with Gasteiger partial charge in [0.25, 0.3) is 0 Å². The number of alkyl halides is 3. The van der Waals surface area contributed by atoms with Gasteiger partial charge in [0.1, 0.15) is 30.5 Å². The van der Waals surface area contributed by atoms with Gasteiger partial charge in [-0.15, -0.1) is 0 Å². The number of anilines is 3. The van der Waals surface area contributed by atoms with Crippen LogP contribution >= 0.6 is 0 Å². The summed E-state index contributed by atoms with van der Waals surface area (Å²) in [4.78, 5) is 27.4. The first-order chi connectivity index (χ1) is 19.3. The molecule has 0 aromatic heterocycles. The molecule has 3 aliphatic heterocycles. The van der Waals surface area contributed by atoms with E-state index in [2.05, 4.69) is 0 Å². The lowest BCUT2D eigenvalue weighted by Gasteiger charge is -2.32. The highest BCUT2D eigenvalue weighted by Crippen LogP contribution is 2.49. The molecule has 0 radical (unpaired) electrons. The van der Waals surface area contributed by atoms with E-state index in [1.54, 1.807) is 18.2 Å². The molecule has 3 aromatic carbocycles. The van der Waals surface area contributed by atoms with E-state index in [1.165, 1.54) is 19.2 Å². The zero-order chi connectivity index (χ0) is 28.0. The van der Waals surface area contributed by atoms with Crippen LogP contribution in [0.4, 0.5) is 30.2 Å². The number of fused-ring (bicyclic) bond motifs is 3. The lowest BCUT2D eigenvalue weighted by Crippen LogP contribution is -2.44. The summed E-state index contributed by atoms with van der Waals surface area (Å²) in [6.45, 7) is 0.959. The summed E-state index contributed by atoms with van der Waals surface area (Å²) >= 11 is 0. The highest BCUT2D eigenvalue weighted by Gasteiger charge is 2.48. The van der Waals surface area contributed by atoms with Gasteiger partial charge in [0.2, 0.25) is 0 Å².